The second-order valence-electron chi connectivity index (χ2n) is 8.18. The van der Waals surface area contributed by atoms with Crippen LogP contribution in [-0.4, -0.2) is 40.6 Å². The Morgan fingerprint density at radius 2 is 1.82 bits per heavy atom. The van der Waals surface area contributed by atoms with Gasteiger partial charge in [-0.25, -0.2) is 14.4 Å². The molecule has 34 heavy (non-hydrogen) atoms. The first-order valence-electron chi connectivity index (χ1n) is 10.3. The minimum absolute atomic E-state index is 0.0181. The molecule has 0 saturated carbocycles. The number of methoxy groups -OCH3 is 1. The van der Waals surface area contributed by atoms with Crippen molar-refractivity contribution in [3.05, 3.63) is 70.0 Å². The summed E-state index contributed by atoms with van der Waals surface area (Å²) in [6.45, 7) is 5.25. The van der Waals surface area contributed by atoms with Crippen LogP contribution in [0.4, 0.5) is 9.59 Å². The Labute approximate surface area is 204 Å². The molecule has 0 aliphatic heterocycles. The van der Waals surface area contributed by atoms with Crippen LogP contribution in [0.25, 0.3) is 17.0 Å². The number of aromatic nitrogens is 2. The molecule has 0 aliphatic rings. The molecular formula is C24H24BrN3O6. The van der Waals surface area contributed by atoms with E-state index in [0.29, 0.717) is 10.9 Å². The van der Waals surface area contributed by atoms with Gasteiger partial charge in [-0.1, -0.05) is 46.3 Å². The highest BCUT2D eigenvalue weighted by molar-refractivity contribution is 9.10. The van der Waals surface area contributed by atoms with Gasteiger partial charge >= 0.3 is 18.2 Å². The Balaban J connectivity index is 1.94. The molecule has 0 bridgehead atoms. The van der Waals surface area contributed by atoms with Crippen molar-refractivity contribution < 1.29 is 28.6 Å². The van der Waals surface area contributed by atoms with Gasteiger partial charge in [0.15, 0.2) is 0 Å². The molecule has 178 valence electrons. The molecule has 0 saturated heterocycles. The van der Waals surface area contributed by atoms with Gasteiger partial charge in [0.25, 0.3) is 0 Å². The van der Waals surface area contributed by atoms with Crippen LogP contribution in [0.3, 0.4) is 0 Å². The zero-order valence-corrected chi connectivity index (χ0v) is 20.7. The Kier molecular flexibility index (Phi) is 7.72. The van der Waals surface area contributed by atoms with Crippen molar-refractivity contribution in [2.75, 3.05) is 7.11 Å². The molecule has 10 heteroatoms. The quantitative estimate of drug-likeness (QED) is 0.280. The van der Waals surface area contributed by atoms with Crippen LogP contribution in [0.1, 0.15) is 32.0 Å². The molecule has 2 aromatic carbocycles. The van der Waals surface area contributed by atoms with Crippen molar-refractivity contribution in [3.63, 3.8) is 0 Å². The summed E-state index contributed by atoms with van der Waals surface area (Å²) in [5.41, 5.74) is 0.539. The minimum Gasteiger partial charge on any atom is -0.464 e. The van der Waals surface area contributed by atoms with Crippen LogP contribution in [0.2, 0.25) is 0 Å². The van der Waals surface area contributed by atoms with Gasteiger partial charge in [-0.3, -0.25) is 5.32 Å². The molecule has 9 nitrogen and oxygen atoms in total. The first-order valence-corrected chi connectivity index (χ1v) is 11.1. The predicted octanol–water partition coefficient (Wildman–Crippen LogP) is 5.02. The SMILES string of the molecule is COC(=O)/C(=C/c1nn(C(=O)OC(C)(C)C)c2ccc(Br)cc12)NC(=O)OCc1ccccc1. The lowest BCUT2D eigenvalue weighted by molar-refractivity contribution is -0.136. The number of alkyl carbamates (subject to hydrolysis) is 1. The molecule has 1 amide bonds. The fourth-order valence-electron chi connectivity index (χ4n) is 2.93. The standard InChI is InChI=1S/C24H24BrN3O6/c1-24(2,3)34-23(31)28-20-11-10-16(25)12-17(20)18(27-28)13-19(21(29)32-4)26-22(30)33-14-15-8-6-5-7-9-15/h5-13H,14H2,1-4H3,(H,26,30)/b19-13-. The highest BCUT2D eigenvalue weighted by atomic mass is 79.9. The lowest BCUT2D eigenvalue weighted by atomic mass is 10.2. The summed E-state index contributed by atoms with van der Waals surface area (Å²) < 4.78 is 17.2. The van der Waals surface area contributed by atoms with Crippen molar-refractivity contribution in [1.29, 1.82) is 0 Å². The summed E-state index contributed by atoms with van der Waals surface area (Å²) in [5, 5.41) is 7.25. The number of nitrogens with zero attached hydrogens (tertiary/aromatic N) is 2. The maximum Gasteiger partial charge on any atom is 0.435 e. The summed E-state index contributed by atoms with van der Waals surface area (Å²) in [6.07, 6.45) is -0.225. The normalized spacial score (nSPS) is 11.7. The Morgan fingerprint density at radius 1 is 1.12 bits per heavy atom. The second-order valence-corrected chi connectivity index (χ2v) is 9.09. The number of carbonyl (C=O) groups excluding carboxylic acids is 3. The highest BCUT2D eigenvalue weighted by Crippen LogP contribution is 2.25. The molecule has 0 aliphatic carbocycles. The summed E-state index contributed by atoms with van der Waals surface area (Å²) in [6, 6.07) is 14.3. The minimum atomic E-state index is -0.849. The molecule has 0 fully saturated rings. The number of halogens is 1. The van der Waals surface area contributed by atoms with E-state index in [2.05, 4.69) is 26.3 Å². The van der Waals surface area contributed by atoms with Crippen molar-refractivity contribution in [2.45, 2.75) is 33.0 Å². The smallest absolute Gasteiger partial charge is 0.435 e. The van der Waals surface area contributed by atoms with Gasteiger partial charge in [-0.05, 0) is 50.6 Å². The van der Waals surface area contributed by atoms with E-state index in [0.717, 1.165) is 14.7 Å². The molecule has 3 aromatic rings. The van der Waals surface area contributed by atoms with Gasteiger partial charge < -0.3 is 14.2 Å². The first-order chi connectivity index (χ1) is 16.1. The number of nitrogens with one attached hydrogen (secondary N) is 1. The van der Waals surface area contributed by atoms with Gasteiger partial charge in [0.05, 0.1) is 18.3 Å². The maximum atomic E-state index is 12.7. The van der Waals surface area contributed by atoms with E-state index in [1.54, 1.807) is 51.1 Å². The van der Waals surface area contributed by atoms with Crippen molar-refractivity contribution >= 4 is 51.1 Å². The van der Waals surface area contributed by atoms with Crippen molar-refractivity contribution in [2.24, 2.45) is 0 Å². The fourth-order valence-corrected chi connectivity index (χ4v) is 3.29. The van der Waals surface area contributed by atoms with E-state index >= 15 is 0 Å². The monoisotopic (exact) mass is 529 g/mol. The molecule has 1 N–H and O–H groups in total. The molecule has 0 atom stereocenters. The number of hydrogen-bond donors (Lipinski definition) is 1. The number of esters is 1. The third kappa shape index (κ3) is 6.44. The number of hydrogen-bond acceptors (Lipinski definition) is 7. The predicted molar refractivity (Wildman–Crippen MR) is 129 cm³/mol. The Bertz CT molecular complexity index is 1240. The van der Waals surface area contributed by atoms with Gasteiger partial charge in [0.2, 0.25) is 0 Å². The zero-order chi connectivity index (χ0) is 24.9. The lowest BCUT2D eigenvalue weighted by Gasteiger charge is -2.19. The van der Waals surface area contributed by atoms with Crippen LogP contribution in [0, 0.1) is 0 Å². The van der Waals surface area contributed by atoms with Crippen molar-refractivity contribution in [1.82, 2.24) is 15.1 Å². The molecule has 0 spiro atoms. The Morgan fingerprint density at radius 3 is 2.47 bits per heavy atom. The van der Waals surface area contributed by atoms with Gasteiger partial charge in [-0.15, -0.1) is 0 Å². The van der Waals surface area contributed by atoms with E-state index in [-0.39, 0.29) is 18.0 Å². The third-order valence-corrected chi connectivity index (χ3v) is 4.87. The second kappa shape index (κ2) is 10.5. The van der Waals surface area contributed by atoms with Crippen LogP contribution < -0.4 is 5.32 Å². The average molecular weight is 530 g/mol. The molecule has 1 aromatic heterocycles. The van der Waals surface area contributed by atoms with E-state index < -0.39 is 23.8 Å². The van der Waals surface area contributed by atoms with Gasteiger partial charge in [-0.2, -0.15) is 9.78 Å². The summed E-state index contributed by atoms with van der Waals surface area (Å²) >= 11 is 3.40. The van der Waals surface area contributed by atoms with Crippen molar-refractivity contribution in [3.8, 4) is 0 Å². The van der Waals surface area contributed by atoms with E-state index in [9.17, 15) is 14.4 Å². The van der Waals surface area contributed by atoms with Gasteiger partial charge in [0.1, 0.15) is 17.9 Å². The van der Waals surface area contributed by atoms with Gasteiger partial charge in [0, 0.05) is 9.86 Å². The van der Waals surface area contributed by atoms with E-state index in [1.807, 2.05) is 18.2 Å². The number of benzene rings is 2. The maximum absolute atomic E-state index is 12.7. The van der Waals surface area contributed by atoms with E-state index in [4.69, 9.17) is 14.2 Å². The van der Waals surface area contributed by atoms with Crippen LogP contribution in [0.5, 0.6) is 0 Å². The molecule has 0 unspecified atom stereocenters. The number of rotatable bonds is 5. The molecule has 3 rings (SSSR count). The summed E-state index contributed by atoms with van der Waals surface area (Å²) in [5.74, 6) is -0.813. The van der Waals surface area contributed by atoms with E-state index in [1.165, 1.54) is 13.2 Å². The average Bonchev–Trinajstić information content (AvgIpc) is 3.14. The molecular weight excluding hydrogens is 506 g/mol. The summed E-state index contributed by atoms with van der Waals surface area (Å²) in [4.78, 5) is 37.4. The lowest BCUT2D eigenvalue weighted by Crippen LogP contribution is -2.29. The number of ether oxygens (including phenoxy) is 3. The zero-order valence-electron chi connectivity index (χ0n) is 19.1. The Hall–Kier alpha value is -3.66. The van der Waals surface area contributed by atoms with Crippen LogP contribution in [0.15, 0.2) is 58.7 Å². The number of amides is 1. The van der Waals surface area contributed by atoms with Crippen LogP contribution in [-0.2, 0) is 25.6 Å². The topological polar surface area (TPSA) is 109 Å². The van der Waals surface area contributed by atoms with Crippen LogP contribution >= 0.6 is 15.9 Å². The fraction of sp³-hybridized carbons (Fsp3) is 0.250. The third-order valence-electron chi connectivity index (χ3n) is 4.37. The first kappa shape index (κ1) is 25.0. The molecule has 1 heterocycles. The summed E-state index contributed by atoms with van der Waals surface area (Å²) in [7, 11) is 1.18. The molecule has 0 radical (unpaired) electrons. The largest absolute Gasteiger partial charge is 0.464 e. The highest BCUT2D eigenvalue weighted by Gasteiger charge is 2.23. The number of fused-ring (bicyclic) bond motifs is 1. The number of carbonyl (C=O) groups is 3.